The van der Waals surface area contributed by atoms with E-state index in [1.807, 2.05) is 0 Å². The van der Waals surface area contributed by atoms with Crippen molar-refractivity contribution >= 4 is 31.3 Å². The topological polar surface area (TPSA) is 52.0 Å². The summed E-state index contributed by atoms with van der Waals surface area (Å²) in [7, 11) is 0.987. The number of aromatic nitrogens is 2. The highest BCUT2D eigenvalue weighted by atomic mass is 35.7. The molecule has 0 atom stereocenters. The van der Waals surface area contributed by atoms with Gasteiger partial charge in [0.2, 0.25) is 0 Å². The molecule has 0 fully saturated rings. The van der Waals surface area contributed by atoms with Crippen molar-refractivity contribution in [1.82, 2.24) is 9.78 Å². The van der Waals surface area contributed by atoms with E-state index in [1.165, 1.54) is 6.92 Å². The quantitative estimate of drug-likeness (QED) is 0.686. The van der Waals surface area contributed by atoms with Crippen LogP contribution in [0, 0.1) is 6.92 Å². The van der Waals surface area contributed by atoms with Crippen molar-refractivity contribution in [2.24, 2.45) is 6.98 Å². The fourth-order valence-corrected chi connectivity index (χ4v) is 2.60. The summed E-state index contributed by atoms with van der Waals surface area (Å²) in [6.45, 7) is -1.33. The molecule has 1 heterocycles. The van der Waals surface area contributed by atoms with E-state index in [0.717, 1.165) is 0 Å². The van der Waals surface area contributed by atoms with E-state index in [0.29, 0.717) is 4.68 Å². The summed E-state index contributed by atoms with van der Waals surface area (Å²) in [5.74, 6) is 0. The monoisotopic (exact) mass is 231 g/mol. The predicted molar refractivity (Wildman–Crippen MR) is 46.0 cm³/mol. The van der Waals surface area contributed by atoms with Gasteiger partial charge in [0, 0.05) is 21.8 Å². The van der Waals surface area contributed by atoms with Gasteiger partial charge in [0.15, 0.2) is 0 Å². The lowest BCUT2D eigenvalue weighted by Gasteiger charge is -1.92. The fourth-order valence-electron chi connectivity index (χ4n) is 0.762. The van der Waals surface area contributed by atoms with Crippen LogP contribution in [0.5, 0.6) is 0 Å². The summed E-state index contributed by atoms with van der Waals surface area (Å²) in [6.07, 6.45) is 0. The Bertz CT molecular complexity index is 493. The van der Waals surface area contributed by atoms with Gasteiger partial charge >= 0.3 is 0 Å². The maximum Gasteiger partial charge on any atom is 0.266 e. The molecular weight excluding hydrogens is 223 g/mol. The van der Waals surface area contributed by atoms with Crippen LogP contribution in [0.4, 0.5) is 0 Å². The molecule has 0 aliphatic rings. The predicted octanol–water partition coefficient (Wildman–Crippen LogP) is 1.31. The first-order chi connectivity index (χ1) is 6.55. The molecule has 1 aromatic rings. The van der Waals surface area contributed by atoms with E-state index in [-0.39, 0.29) is 5.69 Å². The summed E-state index contributed by atoms with van der Waals surface area (Å²) < 4.78 is 43.7. The van der Waals surface area contributed by atoms with E-state index < -0.39 is 26.1 Å². The van der Waals surface area contributed by atoms with Crippen LogP contribution in [0.2, 0.25) is 5.15 Å². The highest BCUT2D eigenvalue weighted by molar-refractivity contribution is 8.13. The number of halogens is 2. The lowest BCUT2D eigenvalue weighted by atomic mass is 10.5. The second-order valence-corrected chi connectivity index (χ2v) is 4.92. The first kappa shape index (κ1) is 6.23. The van der Waals surface area contributed by atoms with Crippen LogP contribution in [0.1, 0.15) is 9.81 Å². The van der Waals surface area contributed by atoms with Crippen LogP contribution in [0.3, 0.4) is 0 Å². The van der Waals surface area contributed by atoms with Crippen molar-refractivity contribution < 1.29 is 12.5 Å². The van der Waals surface area contributed by atoms with Gasteiger partial charge in [0.25, 0.3) is 9.05 Å². The zero-order valence-electron chi connectivity index (χ0n) is 8.88. The van der Waals surface area contributed by atoms with Gasteiger partial charge in [-0.25, -0.2) is 8.42 Å². The van der Waals surface area contributed by atoms with Crippen LogP contribution in [-0.4, -0.2) is 18.2 Å². The van der Waals surface area contributed by atoms with Gasteiger partial charge in [-0.2, -0.15) is 5.10 Å². The van der Waals surface area contributed by atoms with Gasteiger partial charge < -0.3 is 0 Å². The number of nitrogens with zero attached hydrogens (tertiary/aromatic N) is 2. The molecule has 12 heavy (non-hydrogen) atoms. The molecule has 7 heteroatoms. The molecule has 0 aliphatic heterocycles. The van der Waals surface area contributed by atoms with Gasteiger partial charge in [-0.1, -0.05) is 11.6 Å². The van der Waals surface area contributed by atoms with Gasteiger partial charge in [-0.15, -0.1) is 0 Å². The van der Waals surface area contributed by atoms with Crippen LogP contribution < -0.4 is 0 Å². The lowest BCUT2D eigenvalue weighted by molar-refractivity contribution is 0.609. The van der Waals surface area contributed by atoms with E-state index in [4.69, 9.17) is 26.4 Å². The van der Waals surface area contributed by atoms with Crippen molar-refractivity contribution in [3.8, 4) is 0 Å². The van der Waals surface area contributed by atoms with Crippen molar-refractivity contribution in [3.05, 3.63) is 10.8 Å². The number of hydrogen-bond donors (Lipinski definition) is 0. The van der Waals surface area contributed by atoms with E-state index in [9.17, 15) is 8.42 Å². The minimum absolute atomic E-state index is 0.0499. The lowest BCUT2D eigenvalue weighted by Crippen LogP contribution is -1.92. The van der Waals surface area contributed by atoms with Crippen molar-refractivity contribution in [2.45, 2.75) is 11.8 Å². The molecule has 68 valence electrons. The zero-order chi connectivity index (χ0) is 12.0. The summed E-state index contributed by atoms with van der Waals surface area (Å²) in [5, 5.41) is 2.99. The Hall–Kier alpha value is -0.260. The fraction of sp³-hybridized carbons (Fsp3) is 0.400. The van der Waals surface area contributed by atoms with Gasteiger partial charge in [-0.05, 0) is 6.92 Å². The minimum Gasteiger partial charge on any atom is -0.255 e. The largest absolute Gasteiger partial charge is 0.266 e. The Balaban J connectivity index is 3.55. The molecule has 0 unspecified atom stereocenters. The number of hydrogen-bond acceptors (Lipinski definition) is 3. The van der Waals surface area contributed by atoms with E-state index >= 15 is 0 Å². The van der Waals surface area contributed by atoms with Gasteiger partial charge in [-0.3, -0.25) is 4.68 Å². The summed E-state index contributed by atoms with van der Waals surface area (Å²) in [4.78, 5) is -0.470. The minimum atomic E-state index is -4.10. The smallest absolute Gasteiger partial charge is 0.255 e. The molecule has 0 aliphatic carbocycles. The van der Waals surface area contributed by atoms with Crippen LogP contribution in [-0.2, 0) is 16.0 Å². The zero-order valence-corrected chi connectivity index (χ0v) is 8.20. The molecule has 0 bridgehead atoms. The maximum atomic E-state index is 11.1. The summed E-state index contributed by atoms with van der Waals surface area (Å²) in [5.41, 5.74) is -0.0499. The summed E-state index contributed by atoms with van der Waals surface area (Å²) in [6, 6.07) is 0. The van der Waals surface area contributed by atoms with E-state index in [1.54, 1.807) is 0 Å². The molecule has 0 amide bonds. The number of aryl methyl sites for hydroxylation is 2. The Morgan fingerprint density at radius 1 is 1.67 bits per heavy atom. The highest BCUT2D eigenvalue weighted by Crippen LogP contribution is 2.26. The van der Waals surface area contributed by atoms with Crippen LogP contribution in [0.15, 0.2) is 4.90 Å². The molecule has 0 aromatic carbocycles. The molecule has 0 saturated carbocycles. The third-order valence-corrected chi connectivity index (χ3v) is 3.10. The SMILES string of the molecule is [2H]C([2H])([2H])n1nc(C)c(S(=O)(=O)Cl)c1Cl. The van der Waals surface area contributed by atoms with Gasteiger partial charge in [0.05, 0.1) is 5.69 Å². The first-order valence-electron chi connectivity index (χ1n) is 4.25. The standard InChI is InChI=1S/C5H6Cl2N2O2S/c1-3-4(12(7,10)11)5(6)9(2)8-3/h1-2H3/i2D3. The molecule has 1 rings (SSSR count). The molecular formula is C5H6Cl2N2O2S. The molecule has 0 radical (unpaired) electrons. The molecule has 0 spiro atoms. The third-order valence-electron chi connectivity index (χ3n) is 1.20. The highest BCUT2D eigenvalue weighted by Gasteiger charge is 2.22. The maximum absolute atomic E-state index is 11.1. The molecule has 4 nitrogen and oxygen atoms in total. The Morgan fingerprint density at radius 2 is 2.25 bits per heavy atom. The van der Waals surface area contributed by atoms with Crippen LogP contribution >= 0.6 is 22.3 Å². The normalized spacial score (nSPS) is 16.8. The third kappa shape index (κ3) is 1.57. The van der Waals surface area contributed by atoms with E-state index in [2.05, 4.69) is 5.10 Å². The van der Waals surface area contributed by atoms with Crippen molar-refractivity contribution in [1.29, 1.82) is 0 Å². The Kier molecular flexibility index (Phi) is 1.51. The van der Waals surface area contributed by atoms with Crippen LogP contribution in [0.25, 0.3) is 0 Å². The second-order valence-electron chi connectivity index (χ2n) is 2.05. The average molecular weight is 232 g/mol. The average Bonchev–Trinajstić information content (AvgIpc) is 2.22. The van der Waals surface area contributed by atoms with Crippen molar-refractivity contribution in [2.75, 3.05) is 0 Å². The van der Waals surface area contributed by atoms with Gasteiger partial charge in [0.1, 0.15) is 10.0 Å². The molecule has 0 N–H and O–H groups in total. The second kappa shape index (κ2) is 2.90. The first-order valence-corrected chi connectivity index (χ1v) is 5.44. The van der Waals surface area contributed by atoms with Crippen molar-refractivity contribution in [3.63, 3.8) is 0 Å². The Morgan fingerprint density at radius 3 is 2.50 bits per heavy atom. The number of rotatable bonds is 1. The molecule has 0 saturated heterocycles. The summed E-state index contributed by atoms with van der Waals surface area (Å²) >= 11 is 5.58. The Labute approximate surface area is 83.7 Å². The molecule has 1 aromatic heterocycles.